The molecule has 0 spiro atoms. The van der Waals surface area contributed by atoms with Gasteiger partial charge in [0.1, 0.15) is 12.6 Å². The van der Waals surface area contributed by atoms with Crippen molar-refractivity contribution in [3.63, 3.8) is 0 Å². The van der Waals surface area contributed by atoms with Crippen molar-refractivity contribution in [2.24, 2.45) is 0 Å². The van der Waals surface area contributed by atoms with Gasteiger partial charge in [-0.05, 0) is 91.2 Å². The number of halogens is 1. The molecule has 9 heteroatoms. The van der Waals surface area contributed by atoms with Gasteiger partial charge >= 0.3 is 0 Å². The SMILES string of the molecule is Cc1ccc(CN(C(=O)CN(c2ccc(I)cc2)S(=O)(=O)c2ccccc2)C(C)C(=O)NC2CCCCC2)cc1. The van der Waals surface area contributed by atoms with Gasteiger partial charge in [-0.2, -0.15) is 0 Å². The summed E-state index contributed by atoms with van der Waals surface area (Å²) in [7, 11) is -4.06. The van der Waals surface area contributed by atoms with Crippen LogP contribution >= 0.6 is 22.6 Å². The fraction of sp³-hybridized carbons (Fsp3) is 0.355. The van der Waals surface area contributed by atoms with E-state index in [1.807, 2.05) is 31.2 Å². The van der Waals surface area contributed by atoms with Gasteiger partial charge in [0.2, 0.25) is 11.8 Å². The van der Waals surface area contributed by atoms with Gasteiger partial charge in [-0.15, -0.1) is 0 Å². The highest BCUT2D eigenvalue weighted by Gasteiger charge is 2.33. The Bertz CT molecular complexity index is 1390. The van der Waals surface area contributed by atoms with Gasteiger partial charge in [0.25, 0.3) is 10.0 Å². The summed E-state index contributed by atoms with van der Waals surface area (Å²) in [6.07, 6.45) is 5.19. The van der Waals surface area contributed by atoms with Crippen molar-refractivity contribution >= 4 is 50.1 Å². The number of rotatable bonds is 10. The van der Waals surface area contributed by atoms with Gasteiger partial charge in [0.15, 0.2) is 0 Å². The first-order valence-electron chi connectivity index (χ1n) is 13.6. The summed E-state index contributed by atoms with van der Waals surface area (Å²) in [5, 5.41) is 3.13. The number of benzene rings is 3. The maximum atomic E-state index is 14.0. The minimum atomic E-state index is -4.06. The molecule has 1 N–H and O–H groups in total. The molecule has 2 amide bonds. The molecular formula is C31H36IN3O4S. The van der Waals surface area contributed by atoms with Crippen LogP contribution in [0.1, 0.15) is 50.2 Å². The van der Waals surface area contributed by atoms with Crippen LogP contribution in [-0.2, 0) is 26.2 Å². The van der Waals surface area contributed by atoms with E-state index in [-0.39, 0.29) is 23.4 Å². The minimum absolute atomic E-state index is 0.0922. The molecule has 0 bridgehead atoms. The smallest absolute Gasteiger partial charge is 0.264 e. The quantitative estimate of drug-likeness (QED) is 0.282. The third-order valence-electron chi connectivity index (χ3n) is 7.32. The van der Waals surface area contributed by atoms with Gasteiger partial charge < -0.3 is 10.2 Å². The number of anilines is 1. The van der Waals surface area contributed by atoms with Crippen LogP contribution < -0.4 is 9.62 Å². The number of nitrogens with zero attached hydrogens (tertiary/aromatic N) is 2. The third-order valence-corrected chi connectivity index (χ3v) is 9.82. The molecule has 3 aromatic carbocycles. The molecule has 1 unspecified atom stereocenters. The summed E-state index contributed by atoms with van der Waals surface area (Å²) in [4.78, 5) is 29.0. The molecule has 0 aromatic heterocycles. The van der Waals surface area contributed by atoms with Crippen molar-refractivity contribution in [1.29, 1.82) is 0 Å². The van der Waals surface area contributed by atoms with E-state index in [0.717, 1.165) is 44.7 Å². The van der Waals surface area contributed by atoms with Crippen molar-refractivity contribution in [1.82, 2.24) is 10.2 Å². The van der Waals surface area contributed by atoms with E-state index in [0.29, 0.717) is 5.69 Å². The maximum absolute atomic E-state index is 14.0. The monoisotopic (exact) mass is 673 g/mol. The molecule has 1 atom stereocenters. The molecule has 212 valence electrons. The van der Waals surface area contributed by atoms with E-state index in [9.17, 15) is 18.0 Å². The average molecular weight is 674 g/mol. The van der Waals surface area contributed by atoms with E-state index in [2.05, 4.69) is 27.9 Å². The van der Waals surface area contributed by atoms with Gasteiger partial charge in [-0.3, -0.25) is 13.9 Å². The van der Waals surface area contributed by atoms with Crippen LogP contribution in [0.15, 0.2) is 83.8 Å². The minimum Gasteiger partial charge on any atom is -0.352 e. The summed E-state index contributed by atoms with van der Waals surface area (Å²) >= 11 is 2.15. The molecule has 1 fully saturated rings. The van der Waals surface area contributed by atoms with Gasteiger partial charge in [0.05, 0.1) is 10.6 Å². The Balaban J connectivity index is 1.65. The van der Waals surface area contributed by atoms with Crippen LogP contribution in [0.4, 0.5) is 5.69 Å². The molecule has 1 aliphatic carbocycles. The van der Waals surface area contributed by atoms with Gasteiger partial charge in [-0.1, -0.05) is 67.3 Å². The first kappa shape index (κ1) is 30.0. The summed E-state index contributed by atoms with van der Waals surface area (Å²) in [6.45, 7) is 3.44. The third kappa shape index (κ3) is 7.63. The highest BCUT2D eigenvalue weighted by molar-refractivity contribution is 14.1. The van der Waals surface area contributed by atoms with E-state index in [4.69, 9.17) is 0 Å². The molecule has 7 nitrogen and oxygen atoms in total. The lowest BCUT2D eigenvalue weighted by atomic mass is 9.95. The summed E-state index contributed by atoms with van der Waals surface area (Å²) in [5.41, 5.74) is 2.33. The molecule has 1 aliphatic rings. The normalized spacial score (nSPS) is 14.8. The Morgan fingerprint density at radius 2 is 1.55 bits per heavy atom. The first-order valence-corrected chi connectivity index (χ1v) is 16.2. The Kier molecular flexibility index (Phi) is 10.2. The van der Waals surface area contributed by atoms with Crippen LogP contribution in [-0.4, -0.2) is 43.8 Å². The molecule has 0 radical (unpaired) electrons. The van der Waals surface area contributed by atoms with Crippen LogP contribution in [0.3, 0.4) is 0 Å². The highest BCUT2D eigenvalue weighted by atomic mass is 127. The van der Waals surface area contributed by atoms with Gasteiger partial charge in [0, 0.05) is 16.2 Å². The number of carbonyl (C=O) groups excluding carboxylic acids is 2. The summed E-state index contributed by atoms with van der Waals surface area (Å²) < 4.78 is 29.7. The van der Waals surface area contributed by atoms with Crippen molar-refractivity contribution in [2.75, 3.05) is 10.8 Å². The van der Waals surface area contributed by atoms with Crippen LogP contribution in [0.2, 0.25) is 0 Å². The molecule has 3 aromatic rings. The number of nitrogens with one attached hydrogen (secondary N) is 1. The predicted molar refractivity (Wildman–Crippen MR) is 166 cm³/mol. The number of amides is 2. The largest absolute Gasteiger partial charge is 0.352 e. The molecule has 0 heterocycles. The Morgan fingerprint density at radius 1 is 0.925 bits per heavy atom. The molecule has 4 rings (SSSR count). The standard InChI is InChI=1S/C31H36IN3O4S/c1-23-13-15-25(16-14-23)21-34(24(2)31(37)33-27-9-5-3-6-10-27)30(36)22-35(28-19-17-26(32)18-20-28)40(38,39)29-11-7-4-8-12-29/h4,7-8,11-20,24,27H,3,5-6,9-10,21-22H2,1-2H3,(H,33,37). The average Bonchev–Trinajstić information content (AvgIpc) is 2.96. The zero-order valence-electron chi connectivity index (χ0n) is 22.9. The molecule has 1 saturated carbocycles. The highest BCUT2D eigenvalue weighted by Crippen LogP contribution is 2.25. The Hall–Kier alpha value is -2.92. The van der Waals surface area contributed by atoms with Gasteiger partial charge in [-0.25, -0.2) is 8.42 Å². The molecule has 40 heavy (non-hydrogen) atoms. The Morgan fingerprint density at radius 3 is 2.17 bits per heavy atom. The zero-order chi connectivity index (χ0) is 28.7. The molecule has 0 saturated heterocycles. The van der Waals surface area contributed by atoms with E-state index in [1.54, 1.807) is 49.4 Å². The van der Waals surface area contributed by atoms with Crippen molar-refractivity contribution < 1.29 is 18.0 Å². The Labute approximate surface area is 251 Å². The number of sulfonamides is 1. The summed E-state index contributed by atoms with van der Waals surface area (Å²) in [5.74, 6) is -0.677. The van der Waals surface area contributed by atoms with Crippen molar-refractivity contribution in [3.8, 4) is 0 Å². The fourth-order valence-corrected chi connectivity index (χ4v) is 6.69. The van der Waals surface area contributed by atoms with Crippen molar-refractivity contribution in [2.45, 2.75) is 69.5 Å². The number of carbonyl (C=O) groups is 2. The first-order chi connectivity index (χ1) is 19.1. The second-order valence-electron chi connectivity index (χ2n) is 10.3. The van der Waals surface area contributed by atoms with E-state index in [1.165, 1.54) is 23.5 Å². The second-order valence-corrected chi connectivity index (χ2v) is 13.4. The number of hydrogen-bond acceptors (Lipinski definition) is 4. The lowest BCUT2D eigenvalue weighted by molar-refractivity contribution is -0.139. The van der Waals surface area contributed by atoms with Crippen LogP contribution in [0.25, 0.3) is 0 Å². The van der Waals surface area contributed by atoms with Crippen LogP contribution in [0, 0.1) is 10.5 Å². The maximum Gasteiger partial charge on any atom is 0.264 e. The molecular weight excluding hydrogens is 637 g/mol. The van der Waals surface area contributed by atoms with Crippen LogP contribution in [0.5, 0.6) is 0 Å². The molecule has 0 aliphatic heterocycles. The topological polar surface area (TPSA) is 86.8 Å². The lowest BCUT2D eigenvalue weighted by Crippen LogP contribution is -2.53. The number of hydrogen-bond donors (Lipinski definition) is 1. The van der Waals surface area contributed by atoms with E-state index >= 15 is 0 Å². The zero-order valence-corrected chi connectivity index (χ0v) is 25.9. The van der Waals surface area contributed by atoms with Crippen molar-refractivity contribution in [3.05, 3.63) is 93.6 Å². The predicted octanol–water partition coefficient (Wildman–Crippen LogP) is 5.66. The fourth-order valence-electron chi connectivity index (χ4n) is 4.90. The second kappa shape index (κ2) is 13.6. The number of aryl methyl sites for hydroxylation is 1. The summed E-state index contributed by atoms with van der Waals surface area (Å²) in [6, 6.07) is 22.2. The lowest BCUT2D eigenvalue weighted by Gasteiger charge is -2.33. The van der Waals surface area contributed by atoms with E-state index < -0.39 is 28.5 Å².